The molecule has 132 valence electrons. The van der Waals surface area contributed by atoms with Crippen molar-refractivity contribution in [2.24, 2.45) is 10.7 Å². The summed E-state index contributed by atoms with van der Waals surface area (Å²) in [5, 5.41) is 3.06. The minimum absolute atomic E-state index is 0.277. The second kappa shape index (κ2) is 5.66. The highest BCUT2D eigenvalue weighted by Crippen LogP contribution is 2.39. The van der Waals surface area contributed by atoms with Gasteiger partial charge in [-0.05, 0) is 12.5 Å². The van der Waals surface area contributed by atoms with Gasteiger partial charge in [-0.3, -0.25) is 9.88 Å². The van der Waals surface area contributed by atoms with Gasteiger partial charge in [0, 0.05) is 18.6 Å². The molecule has 5 rings (SSSR count). The number of benzene rings is 2. The molecule has 0 fully saturated rings. The molecule has 3 heterocycles. The molecule has 2 aliphatic heterocycles. The molecule has 7 heteroatoms. The zero-order valence-electron chi connectivity index (χ0n) is 14.4. The first-order chi connectivity index (χ1) is 12.7. The summed E-state index contributed by atoms with van der Waals surface area (Å²) in [6.07, 6.45) is 0.590. The Morgan fingerprint density at radius 2 is 1.96 bits per heavy atom. The fourth-order valence-corrected chi connectivity index (χ4v) is 3.48. The van der Waals surface area contributed by atoms with Crippen LogP contribution >= 0.6 is 0 Å². The highest BCUT2D eigenvalue weighted by molar-refractivity contribution is 5.95. The summed E-state index contributed by atoms with van der Waals surface area (Å²) in [4.78, 5) is 9.32. The van der Waals surface area contributed by atoms with Gasteiger partial charge in [-0.15, -0.1) is 0 Å². The van der Waals surface area contributed by atoms with Gasteiger partial charge in [0.25, 0.3) is 0 Å². The maximum atomic E-state index is 6.02. The zero-order valence-corrected chi connectivity index (χ0v) is 14.4. The third-order valence-corrected chi connectivity index (χ3v) is 4.64. The molecule has 0 aliphatic carbocycles. The van der Waals surface area contributed by atoms with Crippen molar-refractivity contribution in [2.75, 3.05) is 18.5 Å². The maximum Gasteiger partial charge on any atom is 0.212 e. The van der Waals surface area contributed by atoms with E-state index in [4.69, 9.17) is 20.2 Å². The standard InChI is InChI=1S/C19H19N5O2/c1-11-4-2-5-12(8-11)17-22-18(20)23-19-21-13-9-15-16(10-14(13)24(17)19)26-7-3-6-25-15/h2,4-5,8-10,17H,3,6-7H2,1H3,(H3,20,21,22,23)/t17-/m1/s1. The van der Waals surface area contributed by atoms with Crippen LogP contribution in [0.5, 0.6) is 11.5 Å². The predicted octanol–water partition coefficient (Wildman–Crippen LogP) is 2.79. The van der Waals surface area contributed by atoms with E-state index in [1.165, 1.54) is 5.56 Å². The minimum Gasteiger partial charge on any atom is -0.489 e. The SMILES string of the molecule is Cc1cccc([C@@H]2N=C(N)Nc3nc4cc5c(cc4n32)OCCCO5)c1. The van der Waals surface area contributed by atoms with Crippen molar-refractivity contribution in [3.8, 4) is 11.5 Å². The van der Waals surface area contributed by atoms with E-state index in [2.05, 4.69) is 40.0 Å². The molecule has 1 aromatic heterocycles. The number of nitrogens with one attached hydrogen (secondary N) is 1. The van der Waals surface area contributed by atoms with E-state index in [1.54, 1.807) is 0 Å². The lowest BCUT2D eigenvalue weighted by Crippen LogP contribution is -2.31. The Kier molecular flexibility index (Phi) is 3.28. The van der Waals surface area contributed by atoms with Crippen LogP contribution < -0.4 is 20.5 Å². The molecule has 0 amide bonds. The minimum atomic E-state index is -0.277. The molecular formula is C19H19N5O2. The molecule has 3 aromatic rings. The van der Waals surface area contributed by atoms with E-state index in [9.17, 15) is 0 Å². The molecule has 3 N–H and O–H groups in total. The van der Waals surface area contributed by atoms with Gasteiger partial charge in [0.05, 0.1) is 24.2 Å². The Hall–Kier alpha value is -3.22. The first kappa shape index (κ1) is 15.1. The van der Waals surface area contributed by atoms with E-state index >= 15 is 0 Å². The number of nitrogens with zero attached hydrogens (tertiary/aromatic N) is 3. The van der Waals surface area contributed by atoms with Crippen LogP contribution in [0.25, 0.3) is 11.0 Å². The average molecular weight is 349 g/mol. The number of anilines is 1. The topological polar surface area (TPSA) is 86.7 Å². The molecule has 0 bridgehead atoms. The van der Waals surface area contributed by atoms with Crippen LogP contribution in [0.15, 0.2) is 41.4 Å². The van der Waals surface area contributed by atoms with E-state index in [-0.39, 0.29) is 6.17 Å². The molecule has 26 heavy (non-hydrogen) atoms. The Balaban J connectivity index is 1.72. The van der Waals surface area contributed by atoms with Crippen LogP contribution in [0.2, 0.25) is 0 Å². The molecule has 0 unspecified atom stereocenters. The number of ether oxygens (including phenoxy) is 2. The fourth-order valence-electron chi connectivity index (χ4n) is 3.48. The van der Waals surface area contributed by atoms with Crippen LogP contribution in [0.1, 0.15) is 23.7 Å². The zero-order chi connectivity index (χ0) is 17.7. The molecule has 0 saturated heterocycles. The number of hydrogen-bond donors (Lipinski definition) is 2. The van der Waals surface area contributed by atoms with Gasteiger partial charge in [-0.2, -0.15) is 0 Å². The number of aromatic nitrogens is 2. The Morgan fingerprint density at radius 1 is 1.15 bits per heavy atom. The largest absolute Gasteiger partial charge is 0.489 e. The maximum absolute atomic E-state index is 6.02. The van der Waals surface area contributed by atoms with Gasteiger partial charge in [-0.25, -0.2) is 9.98 Å². The van der Waals surface area contributed by atoms with Crippen molar-refractivity contribution < 1.29 is 9.47 Å². The third-order valence-electron chi connectivity index (χ3n) is 4.64. The molecule has 0 saturated carbocycles. The Bertz CT molecular complexity index is 1040. The van der Waals surface area contributed by atoms with Gasteiger partial charge in [-0.1, -0.05) is 29.8 Å². The first-order valence-corrected chi connectivity index (χ1v) is 8.67. The monoisotopic (exact) mass is 349 g/mol. The molecule has 2 aliphatic rings. The predicted molar refractivity (Wildman–Crippen MR) is 99.9 cm³/mol. The van der Waals surface area contributed by atoms with Gasteiger partial charge >= 0.3 is 0 Å². The van der Waals surface area contributed by atoms with Crippen molar-refractivity contribution in [1.29, 1.82) is 0 Å². The summed E-state index contributed by atoms with van der Waals surface area (Å²) in [6, 6.07) is 12.2. The quantitative estimate of drug-likeness (QED) is 0.705. The summed E-state index contributed by atoms with van der Waals surface area (Å²) in [7, 11) is 0. The van der Waals surface area contributed by atoms with E-state index < -0.39 is 0 Å². The fraction of sp³-hybridized carbons (Fsp3) is 0.263. The molecular weight excluding hydrogens is 330 g/mol. The van der Waals surface area contributed by atoms with Crippen molar-refractivity contribution in [2.45, 2.75) is 19.5 Å². The number of guanidine groups is 1. The lowest BCUT2D eigenvalue weighted by molar-refractivity contribution is 0.297. The summed E-state index contributed by atoms with van der Waals surface area (Å²) >= 11 is 0. The lowest BCUT2D eigenvalue weighted by atomic mass is 10.1. The molecule has 0 radical (unpaired) electrons. The van der Waals surface area contributed by atoms with Crippen molar-refractivity contribution in [1.82, 2.24) is 9.55 Å². The Morgan fingerprint density at radius 3 is 2.77 bits per heavy atom. The van der Waals surface area contributed by atoms with Crippen LogP contribution in [0.3, 0.4) is 0 Å². The van der Waals surface area contributed by atoms with E-state index in [1.807, 2.05) is 18.2 Å². The van der Waals surface area contributed by atoms with Crippen LogP contribution in [0, 0.1) is 6.92 Å². The third kappa shape index (κ3) is 2.35. The van der Waals surface area contributed by atoms with Gasteiger partial charge < -0.3 is 15.2 Å². The summed E-state index contributed by atoms with van der Waals surface area (Å²) in [5.41, 5.74) is 10.00. The molecule has 2 aromatic carbocycles. The Labute approximate surface area is 150 Å². The van der Waals surface area contributed by atoms with Gasteiger partial charge in [0.15, 0.2) is 23.6 Å². The molecule has 1 atom stereocenters. The van der Waals surface area contributed by atoms with Crippen molar-refractivity contribution in [3.63, 3.8) is 0 Å². The van der Waals surface area contributed by atoms with Crippen LogP contribution in [-0.4, -0.2) is 28.7 Å². The second-order valence-electron chi connectivity index (χ2n) is 6.57. The summed E-state index contributed by atoms with van der Waals surface area (Å²) in [6.45, 7) is 3.35. The number of imidazole rings is 1. The lowest BCUT2D eigenvalue weighted by Gasteiger charge is -2.24. The average Bonchev–Trinajstić information content (AvgIpc) is 2.81. The van der Waals surface area contributed by atoms with Crippen molar-refractivity contribution in [3.05, 3.63) is 47.5 Å². The number of rotatable bonds is 1. The van der Waals surface area contributed by atoms with Crippen molar-refractivity contribution >= 4 is 22.9 Å². The number of aliphatic imine (C=N–C) groups is 1. The number of fused-ring (bicyclic) bond motifs is 4. The molecule has 7 nitrogen and oxygen atoms in total. The smallest absolute Gasteiger partial charge is 0.212 e. The summed E-state index contributed by atoms with van der Waals surface area (Å²) in [5.74, 6) is 2.49. The van der Waals surface area contributed by atoms with Gasteiger partial charge in [0.1, 0.15) is 0 Å². The number of aryl methyl sites for hydroxylation is 1. The summed E-state index contributed by atoms with van der Waals surface area (Å²) < 4.78 is 13.7. The van der Waals surface area contributed by atoms with Crippen LogP contribution in [-0.2, 0) is 0 Å². The first-order valence-electron chi connectivity index (χ1n) is 8.67. The normalized spacial score (nSPS) is 18.7. The highest BCUT2D eigenvalue weighted by atomic mass is 16.5. The van der Waals surface area contributed by atoms with Gasteiger partial charge in [0.2, 0.25) is 5.95 Å². The molecule has 0 spiro atoms. The van der Waals surface area contributed by atoms with Crippen LogP contribution in [0.4, 0.5) is 5.95 Å². The van der Waals surface area contributed by atoms with E-state index in [0.717, 1.165) is 34.5 Å². The highest BCUT2D eigenvalue weighted by Gasteiger charge is 2.26. The second-order valence-corrected chi connectivity index (χ2v) is 6.57. The number of nitrogens with two attached hydrogens (primary N) is 1. The number of hydrogen-bond acceptors (Lipinski definition) is 6. The van der Waals surface area contributed by atoms with E-state index in [0.29, 0.717) is 25.1 Å².